The van der Waals surface area contributed by atoms with Crippen LogP contribution < -0.4 is 5.32 Å². The second kappa shape index (κ2) is 12.4. The predicted molar refractivity (Wildman–Crippen MR) is 107 cm³/mol. The van der Waals surface area contributed by atoms with Crippen molar-refractivity contribution in [2.45, 2.75) is 95.9 Å². The molecule has 0 aromatic heterocycles. The highest BCUT2D eigenvalue weighted by atomic mass is 16.7. The van der Waals surface area contributed by atoms with Crippen LogP contribution in [0, 0.1) is 5.92 Å². The minimum Gasteiger partial charge on any atom is -0.425 e. The van der Waals surface area contributed by atoms with Crippen LogP contribution in [0.2, 0.25) is 0 Å². The van der Waals surface area contributed by atoms with E-state index in [-0.39, 0.29) is 18.8 Å². The van der Waals surface area contributed by atoms with E-state index in [1.54, 1.807) is 0 Å². The number of aliphatic hydroxyl groups is 5. The first-order chi connectivity index (χ1) is 14.8. The lowest BCUT2D eigenvalue weighted by Gasteiger charge is -2.43. The number of carbonyl (C=O) groups excluding carboxylic acids is 3. The Morgan fingerprint density at radius 1 is 1.16 bits per heavy atom. The van der Waals surface area contributed by atoms with Crippen molar-refractivity contribution in [3.63, 3.8) is 0 Å². The molecule has 0 aromatic carbocycles. The van der Waals surface area contributed by atoms with Crippen LogP contribution in [0.1, 0.15) is 53.4 Å². The Labute approximate surface area is 186 Å². The van der Waals surface area contributed by atoms with Crippen LogP contribution in [-0.2, 0) is 28.6 Å². The molecule has 1 rings (SSSR count). The van der Waals surface area contributed by atoms with E-state index in [1.807, 2.05) is 13.8 Å². The zero-order valence-electron chi connectivity index (χ0n) is 18.8. The van der Waals surface area contributed by atoms with Gasteiger partial charge in [-0.3, -0.25) is 9.59 Å². The van der Waals surface area contributed by atoms with Crippen LogP contribution in [0.4, 0.5) is 0 Å². The molecule has 0 aliphatic carbocycles. The van der Waals surface area contributed by atoms with Gasteiger partial charge in [0.05, 0.1) is 43.5 Å². The SMILES string of the molecule is CC(=O)NC1C(C[C@H](O)CO)OC(O)(C(=O)OC(C)OC(=O)CC(O)CC(C)C)C[C@H]1O. The topological polar surface area (TPSA) is 192 Å². The van der Waals surface area contributed by atoms with Crippen molar-refractivity contribution in [3.05, 3.63) is 0 Å². The average Bonchev–Trinajstić information content (AvgIpc) is 2.63. The minimum absolute atomic E-state index is 0.163. The third-order valence-electron chi connectivity index (χ3n) is 4.77. The van der Waals surface area contributed by atoms with Crippen molar-refractivity contribution in [1.29, 1.82) is 0 Å². The summed E-state index contributed by atoms with van der Waals surface area (Å²) in [5, 5.41) is 52.1. The molecule has 7 atom stereocenters. The summed E-state index contributed by atoms with van der Waals surface area (Å²) >= 11 is 0. The Morgan fingerprint density at radius 2 is 1.78 bits per heavy atom. The number of esters is 2. The molecule has 1 aliphatic rings. The normalized spacial score (nSPS) is 28.5. The first kappa shape index (κ1) is 28.2. The van der Waals surface area contributed by atoms with Gasteiger partial charge in [-0.2, -0.15) is 0 Å². The van der Waals surface area contributed by atoms with Gasteiger partial charge >= 0.3 is 11.9 Å². The largest absolute Gasteiger partial charge is 0.425 e. The van der Waals surface area contributed by atoms with Gasteiger partial charge in [-0.1, -0.05) is 13.8 Å². The van der Waals surface area contributed by atoms with Crippen LogP contribution in [-0.4, -0.2) is 92.5 Å². The zero-order chi connectivity index (χ0) is 24.6. The van der Waals surface area contributed by atoms with Gasteiger partial charge < -0.3 is 45.1 Å². The highest BCUT2D eigenvalue weighted by Gasteiger charge is 2.52. The molecular formula is C20H35NO11. The third-order valence-corrected chi connectivity index (χ3v) is 4.77. The Hall–Kier alpha value is -1.83. The predicted octanol–water partition coefficient (Wildman–Crippen LogP) is -1.70. The van der Waals surface area contributed by atoms with E-state index in [0.29, 0.717) is 6.42 Å². The maximum atomic E-state index is 12.5. The third kappa shape index (κ3) is 8.96. The summed E-state index contributed by atoms with van der Waals surface area (Å²) in [4.78, 5) is 35.8. The number of rotatable bonds is 11. The summed E-state index contributed by atoms with van der Waals surface area (Å²) in [6, 6.07) is -1.07. The van der Waals surface area contributed by atoms with Crippen LogP contribution in [0.3, 0.4) is 0 Å². The lowest BCUT2D eigenvalue weighted by Crippen LogP contribution is -2.64. The van der Waals surface area contributed by atoms with E-state index in [1.165, 1.54) is 13.8 Å². The summed E-state index contributed by atoms with van der Waals surface area (Å²) in [7, 11) is 0. The molecule has 1 heterocycles. The van der Waals surface area contributed by atoms with Gasteiger partial charge in [0.2, 0.25) is 12.2 Å². The average molecular weight is 465 g/mol. The van der Waals surface area contributed by atoms with Crippen LogP contribution >= 0.6 is 0 Å². The summed E-state index contributed by atoms with van der Waals surface area (Å²) in [6.07, 6.45) is -7.26. The zero-order valence-corrected chi connectivity index (χ0v) is 18.8. The molecule has 5 unspecified atom stereocenters. The van der Waals surface area contributed by atoms with Crippen molar-refractivity contribution in [3.8, 4) is 0 Å². The van der Waals surface area contributed by atoms with Crippen molar-refractivity contribution >= 4 is 17.8 Å². The van der Waals surface area contributed by atoms with E-state index < -0.39 is 73.4 Å². The lowest BCUT2D eigenvalue weighted by atomic mass is 9.90. The molecular weight excluding hydrogens is 430 g/mol. The smallest absolute Gasteiger partial charge is 0.369 e. The molecule has 32 heavy (non-hydrogen) atoms. The number of ether oxygens (including phenoxy) is 3. The summed E-state index contributed by atoms with van der Waals surface area (Å²) in [5.41, 5.74) is 0. The molecule has 6 N–H and O–H groups in total. The number of aliphatic hydroxyl groups excluding tert-OH is 4. The van der Waals surface area contributed by atoms with E-state index in [9.17, 15) is 34.8 Å². The molecule has 0 saturated carbocycles. The number of carbonyl (C=O) groups is 3. The van der Waals surface area contributed by atoms with Gasteiger partial charge in [0.15, 0.2) is 0 Å². The summed E-state index contributed by atoms with van der Waals surface area (Å²) in [5.74, 6) is -5.19. The van der Waals surface area contributed by atoms with Crippen molar-refractivity contribution < 1.29 is 54.1 Å². The monoisotopic (exact) mass is 465 g/mol. The fourth-order valence-corrected chi connectivity index (χ4v) is 3.44. The molecule has 1 fully saturated rings. The maximum absolute atomic E-state index is 12.5. The second-order valence-electron chi connectivity index (χ2n) is 8.46. The molecule has 1 aliphatic heterocycles. The van der Waals surface area contributed by atoms with Gasteiger partial charge in [0.25, 0.3) is 5.79 Å². The van der Waals surface area contributed by atoms with Gasteiger partial charge in [0.1, 0.15) is 0 Å². The first-order valence-electron chi connectivity index (χ1n) is 10.5. The Morgan fingerprint density at radius 3 is 2.31 bits per heavy atom. The maximum Gasteiger partial charge on any atom is 0.369 e. The summed E-state index contributed by atoms with van der Waals surface area (Å²) < 4.78 is 15.2. The molecule has 186 valence electrons. The molecule has 0 bridgehead atoms. The number of hydrogen-bond donors (Lipinski definition) is 6. The molecule has 12 nitrogen and oxygen atoms in total. The van der Waals surface area contributed by atoms with Crippen molar-refractivity contribution in [2.24, 2.45) is 5.92 Å². The van der Waals surface area contributed by atoms with Gasteiger partial charge in [0, 0.05) is 26.7 Å². The number of hydrogen-bond acceptors (Lipinski definition) is 11. The standard InChI is InChI=1S/C20H35NO11/c1-10(2)5-13(24)7-17(27)30-12(4)31-19(28)20(29)8-15(26)18(21-11(3)23)16(32-20)6-14(25)9-22/h10,12-16,18,22,24-26,29H,5-9H2,1-4H3,(H,21,23)/t12?,13?,14-,15+,16?,18?,20?/m0/s1. The molecule has 0 radical (unpaired) electrons. The summed E-state index contributed by atoms with van der Waals surface area (Å²) in [6.45, 7) is 5.51. The molecule has 12 heteroatoms. The van der Waals surface area contributed by atoms with E-state index in [2.05, 4.69) is 5.32 Å². The van der Waals surface area contributed by atoms with Crippen LogP contribution in [0.15, 0.2) is 0 Å². The minimum atomic E-state index is -2.66. The molecule has 1 amide bonds. The highest BCUT2D eigenvalue weighted by Crippen LogP contribution is 2.31. The fourth-order valence-electron chi connectivity index (χ4n) is 3.44. The second-order valence-corrected chi connectivity index (χ2v) is 8.46. The number of nitrogens with one attached hydrogen (secondary N) is 1. The fraction of sp³-hybridized carbons (Fsp3) is 0.850. The molecule has 0 spiro atoms. The first-order valence-corrected chi connectivity index (χ1v) is 10.5. The lowest BCUT2D eigenvalue weighted by molar-refractivity contribution is -0.290. The van der Waals surface area contributed by atoms with Crippen LogP contribution in [0.25, 0.3) is 0 Å². The van der Waals surface area contributed by atoms with E-state index in [4.69, 9.17) is 19.3 Å². The van der Waals surface area contributed by atoms with Gasteiger partial charge in [-0.25, -0.2) is 4.79 Å². The quantitative estimate of drug-likeness (QED) is 0.150. The Bertz CT molecular complexity index is 643. The van der Waals surface area contributed by atoms with Gasteiger partial charge in [-0.05, 0) is 12.3 Å². The van der Waals surface area contributed by atoms with E-state index >= 15 is 0 Å². The van der Waals surface area contributed by atoms with E-state index in [0.717, 1.165) is 0 Å². The van der Waals surface area contributed by atoms with Crippen molar-refractivity contribution in [2.75, 3.05) is 6.61 Å². The highest BCUT2D eigenvalue weighted by molar-refractivity contribution is 5.78. The number of amides is 1. The Balaban J connectivity index is 2.79. The van der Waals surface area contributed by atoms with Gasteiger partial charge in [-0.15, -0.1) is 0 Å². The van der Waals surface area contributed by atoms with Crippen molar-refractivity contribution in [1.82, 2.24) is 5.32 Å². The van der Waals surface area contributed by atoms with Crippen LogP contribution in [0.5, 0.6) is 0 Å². The molecule has 0 aromatic rings. The molecule has 1 saturated heterocycles. The Kier molecular flexibility index (Phi) is 10.9.